The van der Waals surface area contributed by atoms with Gasteiger partial charge >= 0.3 is 5.97 Å². The maximum Gasteiger partial charge on any atom is 0.346 e. The first-order valence-corrected chi connectivity index (χ1v) is 12.3. The number of rotatable bonds is 16. The third-order valence-electron chi connectivity index (χ3n) is 5.69. The maximum absolute atomic E-state index is 12.2. The molecule has 0 aliphatic heterocycles. The van der Waals surface area contributed by atoms with E-state index in [2.05, 4.69) is 19.1 Å². The number of aliphatic hydroxyl groups excluding tert-OH is 1. The molecule has 0 aromatic carbocycles. The first-order valence-electron chi connectivity index (χ1n) is 11.3. The van der Waals surface area contributed by atoms with Crippen LogP contribution in [0.2, 0.25) is 0 Å². The summed E-state index contributed by atoms with van der Waals surface area (Å²) in [6.45, 7) is 3.78. The Morgan fingerprint density at radius 3 is 2.62 bits per heavy atom. The standard InChI is InChI=1S/C23H40O5S/c1-3-4-5-6-7-9-12-19-14-15-21(25)20(19)13-10-8-11-16-23(28,22(26)27)29-17-18(2)24/h9,12,18-20,24,28H,3-8,10-11,13-17H2,1-2H3,(H,26,27)/t18?,19-,20+,23?/m0/s1. The number of carbonyl (C=O) groups excluding carboxylic acids is 1. The van der Waals surface area contributed by atoms with E-state index in [-0.39, 0.29) is 18.1 Å². The van der Waals surface area contributed by atoms with Gasteiger partial charge in [0.1, 0.15) is 5.78 Å². The fourth-order valence-electron chi connectivity index (χ4n) is 3.90. The van der Waals surface area contributed by atoms with Crippen LogP contribution in [0.4, 0.5) is 0 Å². The van der Waals surface area contributed by atoms with Gasteiger partial charge in [0.05, 0.1) is 6.10 Å². The molecular weight excluding hydrogens is 388 g/mol. The fourth-order valence-corrected chi connectivity index (χ4v) is 4.83. The highest BCUT2D eigenvalue weighted by molar-refractivity contribution is 8.01. The molecule has 1 aliphatic rings. The normalized spacial score (nSPS) is 22.8. The molecule has 0 radical (unpaired) electrons. The highest BCUT2D eigenvalue weighted by atomic mass is 32.2. The molecule has 168 valence electrons. The highest BCUT2D eigenvalue weighted by Gasteiger charge is 2.36. The number of unbranched alkanes of at least 4 members (excludes halogenated alkanes) is 6. The molecular formula is C23H40O5S. The molecule has 0 aromatic heterocycles. The van der Waals surface area contributed by atoms with E-state index in [1.807, 2.05) is 0 Å². The number of hydrogen-bond donors (Lipinski definition) is 3. The SMILES string of the molecule is CCCCCCC=C[C@H]1CCC(=O)[C@@H]1CCCCCC(O)(SCC(C)O)C(=O)O. The Morgan fingerprint density at radius 1 is 1.24 bits per heavy atom. The number of aliphatic carboxylic acids is 1. The summed E-state index contributed by atoms with van der Waals surface area (Å²) in [5, 5.41) is 28.9. The van der Waals surface area contributed by atoms with Crippen LogP contribution in [-0.4, -0.2) is 43.9 Å². The van der Waals surface area contributed by atoms with Crippen LogP contribution in [0.15, 0.2) is 12.2 Å². The van der Waals surface area contributed by atoms with Gasteiger partial charge in [0.25, 0.3) is 0 Å². The van der Waals surface area contributed by atoms with E-state index < -0.39 is 17.0 Å². The van der Waals surface area contributed by atoms with E-state index >= 15 is 0 Å². The molecule has 0 bridgehead atoms. The van der Waals surface area contributed by atoms with Crippen molar-refractivity contribution in [3.63, 3.8) is 0 Å². The summed E-state index contributed by atoms with van der Waals surface area (Å²) in [7, 11) is 0. The number of hydrogen-bond acceptors (Lipinski definition) is 5. The average Bonchev–Trinajstić information content (AvgIpc) is 3.02. The van der Waals surface area contributed by atoms with Gasteiger partial charge in [0.15, 0.2) is 0 Å². The summed E-state index contributed by atoms with van der Waals surface area (Å²) in [6.07, 6.45) is 14.8. The largest absolute Gasteiger partial charge is 0.478 e. The molecule has 6 heteroatoms. The predicted molar refractivity (Wildman–Crippen MR) is 119 cm³/mol. The van der Waals surface area contributed by atoms with Crippen molar-refractivity contribution in [2.24, 2.45) is 11.8 Å². The van der Waals surface area contributed by atoms with Crippen molar-refractivity contribution in [3.8, 4) is 0 Å². The minimum absolute atomic E-state index is 0.102. The fraction of sp³-hybridized carbons (Fsp3) is 0.826. The number of allylic oxidation sites excluding steroid dienone is 2. The van der Waals surface area contributed by atoms with Gasteiger partial charge in [-0.05, 0) is 51.4 Å². The molecule has 1 saturated carbocycles. The van der Waals surface area contributed by atoms with E-state index in [0.717, 1.165) is 43.9 Å². The molecule has 3 N–H and O–H groups in total. The zero-order chi connectivity index (χ0) is 21.7. The van der Waals surface area contributed by atoms with Crippen molar-refractivity contribution in [1.82, 2.24) is 0 Å². The van der Waals surface area contributed by atoms with Crippen LogP contribution in [0.3, 0.4) is 0 Å². The van der Waals surface area contributed by atoms with Crippen molar-refractivity contribution in [2.45, 2.75) is 102 Å². The first kappa shape index (κ1) is 26.2. The van der Waals surface area contributed by atoms with Crippen molar-refractivity contribution in [1.29, 1.82) is 0 Å². The predicted octanol–water partition coefficient (Wildman–Crippen LogP) is 4.95. The van der Waals surface area contributed by atoms with Crippen molar-refractivity contribution in [3.05, 3.63) is 12.2 Å². The lowest BCUT2D eigenvalue weighted by atomic mass is 9.89. The number of carbonyl (C=O) groups is 2. The molecule has 29 heavy (non-hydrogen) atoms. The third kappa shape index (κ3) is 10.1. The van der Waals surface area contributed by atoms with Crippen LogP contribution < -0.4 is 0 Å². The van der Waals surface area contributed by atoms with E-state index in [1.54, 1.807) is 6.92 Å². The second-order valence-corrected chi connectivity index (χ2v) is 9.70. The smallest absolute Gasteiger partial charge is 0.346 e. The summed E-state index contributed by atoms with van der Waals surface area (Å²) in [5.41, 5.74) is 0. The third-order valence-corrected chi connectivity index (χ3v) is 7.20. The molecule has 1 rings (SSSR count). The Labute approximate surface area is 180 Å². The van der Waals surface area contributed by atoms with Crippen LogP contribution in [0.1, 0.15) is 90.9 Å². The monoisotopic (exact) mass is 428 g/mol. The zero-order valence-electron chi connectivity index (χ0n) is 18.1. The molecule has 1 fully saturated rings. The van der Waals surface area contributed by atoms with Gasteiger partial charge < -0.3 is 15.3 Å². The number of thioether (sulfide) groups is 1. The van der Waals surface area contributed by atoms with Gasteiger partial charge in [0, 0.05) is 18.1 Å². The zero-order valence-corrected chi connectivity index (χ0v) is 19.0. The van der Waals surface area contributed by atoms with Gasteiger partial charge in [-0.2, -0.15) is 0 Å². The van der Waals surface area contributed by atoms with E-state index in [0.29, 0.717) is 24.5 Å². The van der Waals surface area contributed by atoms with Gasteiger partial charge in [-0.1, -0.05) is 51.2 Å². The van der Waals surface area contributed by atoms with Gasteiger partial charge in [0.2, 0.25) is 4.93 Å². The second kappa shape index (κ2) is 14.2. The van der Waals surface area contributed by atoms with Gasteiger partial charge in [-0.3, -0.25) is 4.79 Å². The Bertz CT molecular complexity index is 519. The van der Waals surface area contributed by atoms with Crippen LogP contribution >= 0.6 is 11.8 Å². The minimum Gasteiger partial charge on any atom is -0.478 e. The Balaban J connectivity index is 2.34. The Hall–Kier alpha value is -0.850. The van der Waals surface area contributed by atoms with E-state index in [4.69, 9.17) is 0 Å². The minimum atomic E-state index is -1.84. The lowest BCUT2D eigenvalue weighted by Gasteiger charge is -2.23. The molecule has 0 amide bonds. The molecule has 2 unspecified atom stereocenters. The van der Waals surface area contributed by atoms with Crippen LogP contribution in [0.25, 0.3) is 0 Å². The summed E-state index contributed by atoms with van der Waals surface area (Å²) in [5.74, 6) is -0.249. The molecule has 5 nitrogen and oxygen atoms in total. The molecule has 1 aliphatic carbocycles. The summed E-state index contributed by atoms with van der Waals surface area (Å²) in [6, 6.07) is 0. The Kier molecular flexibility index (Phi) is 12.8. The first-order chi connectivity index (χ1) is 13.8. The van der Waals surface area contributed by atoms with E-state index in [9.17, 15) is 24.9 Å². The summed E-state index contributed by atoms with van der Waals surface area (Å²) < 4.78 is 0. The van der Waals surface area contributed by atoms with Crippen LogP contribution in [0, 0.1) is 11.8 Å². The summed E-state index contributed by atoms with van der Waals surface area (Å²) in [4.78, 5) is 21.8. The number of aliphatic hydroxyl groups is 2. The molecule has 0 saturated heterocycles. The lowest BCUT2D eigenvalue weighted by molar-refractivity contribution is -0.149. The number of Topliss-reactive ketones (excluding diaryl/α,β-unsaturated/α-hetero) is 1. The molecule has 0 aromatic rings. The van der Waals surface area contributed by atoms with Crippen molar-refractivity contribution >= 4 is 23.5 Å². The second-order valence-electron chi connectivity index (χ2n) is 8.40. The number of carboxylic acid groups (broad SMARTS) is 1. The molecule has 0 heterocycles. The maximum atomic E-state index is 12.2. The quantitative estimate of drug-likeness (QED) is 0.183. The summed E-state index contributed by atoms with van der Waals surface area (Å²) >= 11 is 0.883. The van der Waals surface area contributed by atoms with Crippen molar-refractivity contribution in [2.75, 3.05) is 5.75 Å². The molecule has 0 spiro atoms. The topological polar surface area (TPSA) is 94.8 Å². The van der Waals surface area contributed by atoms with Crippen LogP contribution in [0.5, 0.6) is 0 Å². The number of ketones is 1. The molecule has 4 atom stereocenters. The lowest BCUT2D eigenvalue weighted by Crippen LogP contribution is -2.36. The highest BCUT2D eigenvalue weighted by Crippen LogP contribution is 2.35. The number of carboxylic acids is 1. The van der Waals surface area contributed by atoms with E-state index in [1.165, 1.54) is 25.7 Å². The van der Waals surface area contributed by atoms with Crippen LogP contribution in [-0.2, 0) is 9.59 Å². The van der Waals surface area contributed by atoms with Crippen molar-refractivity contribution < 1.29 is 24.9 Å². The van der Waals surface area contributed by atoms with Gasteiger partial charge in [-0.25, -0.2) is 4.79 Å². The van der Waals surface area contributed by atoms with Gasteiger partial charge in [-0.15, -0.1) is 11.8 Å². The Morgan fingerprint density at radius 2 is 1.97 bits per heavy atom. The average molecular weight is 429 g/mol.